The van der Waals surface area contributed by atoms with E-state index in [9.17, 15) is 9.59 Å². The Hall–Kier alpha value is -2.30. The maximum absolute atomic E-state index is 11.4. The maximum atomic E-state index is 11.4. The van der Waals surface area contributed by atoms with Gasteiger partial charge in [-0.05, 0) is 24.3 Å². The lowest BCUT2D eigenvalue weighted by Crippen LogP contribution is -2.35. The smallest absolute Gasteiger partial charge is 0.264 e. The second-order valence-corrected chi connectivity index (χ2v) is 3.62. The van der Waals surface area contributed by atoms with Gasteiger partial charge >= 0.3 is 0 Å². The van der Waals surface area contributed by atoms with Gasteiger partial charge in [-0.1, -0.05) is 6.58 Å². The average molecular weight is 232 g/mol. The van der Waals surface area contributed by atoms with E-state index in [1.165, 1.54) is 11.0 Å². The molecule has 0 aliphatic carbocycles. The molecule has 0 spiro atoms. The quantitative estimate of drug-likeness (QED) is 0.778. The van der Waals surface area contributed by atoms with Crippen LogP contribution in [0.3, 0.4) is 0 Å². The van der Waals surface area contributed by atoms with Crippen LogP contribution < -0.4 is 15.0 Å². The van der Waals surface area contributed by atoms with Crippen molar-refractivity contribution in [1.82, 2.24) is 0 Å². The van der Waals surface area contributed by atoms with Gasteiger partial charge in [0.1, 0.15) is 5.75 Å². The third-order valence-corrected chi connectivity index (χ3v) is 2.50. The van der Waals surface area contributed by atoms with Gasteiger partial charge in [-0.2, -0.15) is 0 Å². The molecule has 0 atom stereocenters. The number of fused-ring (bicyclic) bond motifs is 1. The van der Waals surface area contributed by atoms with E-state index < -0.39 is 0 Å². The van der Waals surface area contributed by atoms with Crippen molar-refractivity contribution in [2.24, 2.45) is 0 Å². The zero-order valence-corrected chi connectivity index (χ0v) is 9.40. The lowest BCUT2D eigenvalue weighted by molar-refractivity contribution is -0.121. The number of ether oxygens (including phenoxy) is 1. The predicted molar refractivity (Wildman–Crippen MR) is 64.2 cm³/mol. The molecule has 88 valence electrons. The first-order valence-corrected chi connectivity index (χ1v) is 5.08. The molecule has 2 rings (SSSR count). The number of benzene rings is 1. The van der Waals surface area contributed by atoms with Crippen LogP contribution in [0.15, 0.2) is 30.9 Å². The normalized spacial score (nSPS) is 13.7. The fourth-order valence-corrected chi connectivity index (χ4v) is 1.54. The Morgan fingerprint density at radius 2 is 2.35 bits per heavy atom. The Morgan fingerprint density at radius 1 is 1.59 bits per heavy atom. The van der Waals surface area contributed by atoms with Crippen LogP contribution in [0.2, 0.25) is 0 Å². The van der Waals surface area contributed by atoms with E-state index in [-0.39, 0.29) is 18.4 Å². The van der Waals surface area contributed by atoms with Crippen molar-refractivity contribution in [2.75, 3.05) is 23.9 Å². The Bertz CT molecular complexity index is 497. The van der Waals surface area contributed by atoms with Crippen molar-refractivity contribution in [3.63, 3.8) is 0 Å². The third-order valence-electron chi connectivity index (χ3n) is 2.50. The van der Waals surface area contributed by atoms with Crippen molar-refractivity contribution >= 4 is 23.2 Å². The van der Waals surface area contributed by atoms with Crippen molar-refractivity contribution in [2.45, 2.75) is 0 Å². The molecule has 2 amide bonds. The summed E-state index contributed by atoms with van der Waals surface area (Å²) in [7, 11) is 1.67. The zero-order valence-electron chi connectivity index (χ0n) is 9.40. The van der Waals surface area contributed by atoms with Crippen molar-refractivity contribution in [3.8, 4) is 5.75 Å². The van der Waals surface area contributed by atoms with Gasteiger partial charge < -0.3 is 15.0 Å². The van der Waals surface area contributed by atoms with Gasteiger partial charge in [0.15, 0.2) is 6.61 Å². The number of nitrogens with zero attached hydrogens (tertiary/aromatic N) is 1. The number of carbonyl (C=O) groups excluding carboxylic acids is 2. The summed E-state index contributed by atoms with van der Waals surface area (Å²) in [5.41, 5.74) is 1.24. The minimum Gasteiger partial charge on any atom is -0.482 e. The van der Waals surface area contributed by atoms with Gasteiger partial charge in [-0.25, -0.2) is 0 Å². The fourth-order valence-electron chi connectivity index (χ4n) is 1.54. The van der Waals surface area contributed by atoms with E-state index in [4.69, 9.17) is 4.74 Å². The number of rotatable bonds is 2. The van der Waals surface area contributed by atoms with E-state index in [0.717, 1.165) is 0 Å². The predicted octanol–water partition coefficient (Wildman–Crippen LogP) is 1.17. The highest BCUT2D eigenvalue weighted by Gasteiger charge is 2.22. The summed E-state index contributed by atoms with van der Waals surface area (Å²) < 4.78 is 5.27. The number of hydrogen-bond acceptors (Lipinski definition) is 3. The Morgan fingerprint density at radius 3 is 3.06 bits per heavy atom. The van der Waals surface area contributed by atoms with Crippen LogP contribution in [0.5, 0.6) is 5.75 Å². The molecule has 1 aliphatic heterocycles. The molecule has 0 saturated heterocycles. The summed E-state index contributed by atoms with van der Waals surface area (Å²) in [6.45, 7) is 3.41. The molecule has 1 aromatic carbocycles. The first-order valence-electron chi connectivity index (χ1n) is 5.08. The molecule has 17 heavy (non-hydrogen) atoms. The second kappa shape index (κ2) is 4.29. The Kier molecular flexibility index (Phi) is 2.82. The summed E-state index contributed by atoms with van der Waals surface area (Å²) in [5, 5.41) is 2.63. The molecular formula is C12H12N2O3. The third kappa shape index (κ3) is 2.13. The van der Waals surface area contributed by atoms with E-state index in [1.807, 2.05) is 0 Å². The minimum absolute atomic E-state index is 0.0435. The second-order valence-electron chi connectivity index (χ2n) is 3.62. The van der Waals surface area contributed by atoms with Crippen LogP contribution in [0.25, 0.3) is 0 Å². The summed E-state index contributed by atoms with van der Waals surface area (Å²) in [6.07, 6.45) is 1.19. The number of anilines is 2. The van der Waals surface area contributed by atoms with Crippen molar-refractivity contribution in [1.29, 1.82) is 0 Å². The highest BCUT2D eigenvalue weighted by Crippen LogP contribution is 2.33. The monoisotopic (exact) mass is 232 g/mol. The van der Waals surface area contributed by atoms with E-state index in [2.05, 4.69) is 11.9 Å². The van der Waals surface area contributed by atoms with Crippen LogP contribution in [0.4, 0.5) is 11.4 Å². The van der Waals surface area contributed by atoms with Gasteiger partial charge in [-0.3, -0.25) is 9.59 Å². The molecule has 1 heterocycles. The minimum atomic E-state index is -0.296. The Labute approximate surface area is 98.7 Å². The highest BCUT2D eigenvalue weighted by molar-refractivity contribution is 6.01. The van der Waals surface area contributed by atoms with Gasteiger partial charge in [0, 0.05) is 12.7 Å². The molecule has 0 bridgehead atoms. The zero-order chi connectivity index (χ0) is 12.4. The summed E-state index contributed by atoms with van der Waals surface area (Å²) in [5.74, 6) is 0.212. The molecule has 1 aliphatic rings. The molecule has 0 saturated carbocycles. The summed E-state index contributed by atoms with van der Waals surface area (Å²) in [6, 6.07) is 5.12. The number of hydrogen-bond donors (Lipinski definition) is 1. The highest BCUT2D eigenvalue weighted by atomic mass is 16.5. The molecule has 1 N–H and O–H groups in total. The van der Waals surface area contributed by atoms with Crippen LogP contribution in [-0.2, 0) is 9.59 Å². The van der Waals surface area contributed by atoms with Crippen LogP contribution >= 0.6 is 0 Å². The van der Waals surface area contributed by atoms with Gasteiger partial charge in [0.2, 0.25) is 5.91 Å². The van der Waals surface area contributed by atoms with Gasteiger partial charge in [-0.15, -0.1) is 0 Å². The first-order chi connectivity index (χ1) is 8.11. The molecule has 5 nitrogen and oxygen atoms in total. The first kappa shape index (κ1) is 11.2. The van der Waals surface area contributed by atoms with Crippen LogP contribution in [0.1, 0.15) is 0 Å². The molecule has 0 unspecified atom stereocenters. The molecule has 1 aromatic rings. The molecule has 0 radical (unpaired) electrons. The number of carbonyl (C=O) groups is 2. The van der Waals surface area contributed by atoms with E-state index in [0.29, 0.717) is 17.1 Å². The lowest BCUT2D eigenvalue weighted by atomic mass is 10.2. The molecule has 0 aromatic heterocycles. The molecule has 5 heteroatoms. The van der Waals surface area contributed by atoms with Gasteiger partial charge in [0.05, 0.1) is 5.69 Å². The number of nitrogens with one attached hydrogen (secondary N) is 1. The SMILES string of the molecule is C=CC(=O)Nc1ccc2c(c1)N(C)C(=O)CO2. The summed E-state index contributed by atoms with van der Waals surface area (Å²) in [4.78, 5) is 24.1. The van der Waals surface area contributed by atoms with E-state index in [1.54, 1.807) is 25.2 Å². The van der Waals surface area contributed by atoms with E-state index >= 15 is 0 Å². The average Bonchev–Trinajstić information content (AvgIpc) is 2.34. The largest absolute Gasteiger partial charge is 0.482 e. The molecule has 0 fully saturated rings. The topological polar surface area (TPSA) is 58.6 Å². The van der Waals surface area contributed by atoms with Crippen LogP contribution in [0, 0.1) is 0 Å². The number of amides is 2. The fraction of sp³-hybridized carbons (Fsp3) is 0.167. The Balaban J connectivity index is 2.32. The molecular weight excluding hydrogens is 220 g/mol. The summed E-state index contributed by atoms with van der Waals surface area (Å²) >= 11 is 0. The maximum Gasteiger partial charge on any atom is 0.264 e. The van der Waals surface area contributed by atoms with Gasteiger partial charge in [0.25, 0.3) is 5.91 Å². The lowest BCUT2D eigenvalue weighted by Gasteiger charge is -2.26. The van der Waals surface area contributed by atoms with Crippen LogP contribution in [-0.4, -0.2) is 25.5 Å². The van der Waals surface area contributed by atoms with Crippen molar-refractivity contribution < 1.29 is 14.3 Å². The number of likely N-dealkylation sites (N-methyl/N-ethyl adjacent to an activating group) is 1. The standard InChI is InChI=1S/C12H12N2O3/c1-3-11(15)13-8-4-5-10-9(6-8)14(2)12(16)7-17-10/h3-6H,1,7H2,2H3,(H,13,15). The van der Waals surface area contributed by atoms with Crippen molar-refractivity contribution in [3.05, 3.63) is 30.9 Å².